The highest BCUT2D eigenvalue weighted by molar-refractivity contribution is 7.99. The molecule has 1 fully saturated rings. The molecular formula is C12H19ClN2S. The Morgan fingerprint density at radius 2 is 2.19 bits per heavy atom. The maximum Gasteiger partial charge on any atom is 0.167 e. The van der Waals surface area contributed by atoms with E-state index < -0.39 is 0 Å². The van der Waals surface area contributed by atoms with Crippen molar-refractivity contribution in [3.8, 4) is 0 Å². The molecule has 0 aromatic carbocycles. The lowest BCUT2D eigenvalue weighted by Gasteiger charge is -2.20. The molecule has 1 aliphatic carbocycles. The van der Waals surface area contributed by atoms with Crippen LogP contribution in [0.3, 0.4) is 0 Å². The van der Waals surface area contributed by atoms with Crippen molar-refractivity contribution in [2.75, 3.05) is 5.75 Å². The molecule has 2 rings (SSSR count). The topological polar surface area (TPSA) is 17.8 Å². The summed E-state index contributed by atoms with van der Waals surface area (Å²) < 4.78 is 2.11. The Morgan fingerprint density at radius 1 is 1.44 bits per heavy atom. The van der Waals surface area contributed by atoms with E-state index in [4.69, 9.17) is 11.6 Å². The summed E-state index contributed by atoms with van der Waals surface area (Å²) in [7, 11) is 2.05. The first kappa shape index (κ1) is 12.3. The van der Waals surface area contributed by atoms with Crippen molar-refractivity contribution in [2.24, 2.45) is 13.0 Å². The van der Waals surface area contributed by atoms with Crippen LogP contribution in [0.15, 0.2) is 11.4 Å². The van der Waals surface area contributed by atoms with Crippen LogP contribution >= 0.6 is 23.4 Å². The second-order valence-corrected chi connectivity index (χ2v) is 5.79. The van der Waals surface area contributed by atoms with E-state index in [9.17, 15) is 0 Å². The molecule has 90 valence electrons. The smallest absolute Gasteiger partial charge is 0.167 e. The normalized spacial score (nSPS) is 17.9. The predicted molar refractivity (Wildman–Crippen MR) is 70.1 cm³/mol. The van der Waals surface area contributed by atoms with Gasteiger partial charge in [-0.3, -0.25) is 0 Å². The van der Waals surface area contributed by atoms with Gasteiger partial charge < -0.3 is 4.57 Å². The highest BCUT2D eigenvalue weighted by atomic mass is 35.5. The van der Waals surface area contributed by atoms with Crippen molar-refractivity contribution >= 4 is 23.4 Å². The van der Waals surface area contributed by atoms with Crippen LogP contribution in [0.1, 0.15) is 37.8 Å². The van der Waals surface area contributed by atoms with Gasteiger partial charge in [-0.2, -0.15) is 0 Å². The Labute approximate surface area is 107 Å². The fourth-order valence-electron chi connectivity index (χ4n) is 2.23. The first-order valence-electron chi connectivity index (χ1n) is 6.00. The van der Waals surface area contributed by atoms with Crippen molar-refractivity contribution in [1.29, 1.82) is 0 Å². The third-order valence-electron chi connectivity index (χ3n) is 3.35. The zero-order valence-electron chi connectivity index (χ0n) is 9.79. The van der Waals surface area contributed by atoms with E-state index in [1.165, 1.54) is 37.9 Å². The quantitative estimate of drug-likeness (QED) is 0.603. The number of halogens is 1. The minimum atomic E-state index is 0.549. The van der Waals surface area contributed by atoms with Gasteiger partial charge in [0.05, 0.1) is 17.8 Å². The molecule has 16 heavy (non-hydrogen) atoms. The Balaban J connectivity index is 1.86. The third kappa shape index (κ3) is 2.95. The molecule has 0 bridgehead atoms. The molecule has 0 aliphatic heterocycles. The third-order valence-corrected chi connectivity index (χ3v) is 4.90. The molecule has 1 heterocycles. The van der Waals surface area contributed by atoms with Crippen LogP contribution in [0.5, 0.6) is 0 Å². The van der Waals surface area contributed by atoms with E-state index in [-0.39, 0.29) is 0 Å². The van der Waals surface area contributed by atoms with E-state index in [2.05, 4.69) is 9.55 Å². The molecule has 2 nitrogen and oxygen atoms in total. The van der Waals surface area contributed by atoms with Crippen LogP contribution in [0, 0.1) is 5.92 Å². The summed E-state index contributed by atoms with van der Waals surface area (Å²) in [6, 6.07) is 0. The van der Waals surface area contributed by atoms with Gasteiger partial charge >= 0.3 is 0 Å². The molecular weight excluding hydrogens is 240 g/mol. The Bertz CT molecular complexity index is 332. The number of aromatic nitrogens is 2. The molecule has 0 saturated heterocycles. The summed E-state index contributed by atoms with van der Waals surface area (Å²) in [5.74, 6) is 2.66. The lowest BCUT2D eigenvalue weighted by molar-refractivity contribution is 0.390. The fourth-order valence-corrected chi connectivity index (χ4v) is 3.63. The predicted octanol–water partition coefficient (Wildman–Crippen LogP) is 3.83. The van der Waals surface area contributed by atoms with Crippen LogP contribution in [0.2, 0.25) is 0 Å². The lowest BCUT2D eigenvalue weighted by atomic mass is 9.91. The number of rotatable bonds is 4. The molecule has 0 atom stereocenters. The number of hydrogen-bond donors (Lipinski definition) is 0. The molecule has 1 aromatic heterocycles. The standard InChI is InChI=1S/C12H19ClN2S/c1-15-11(7-13)8-14-12(15)16-9-10-5-3-2-4-6-10/h8,10H,2-7,9H2,1H3. The van der Waals surface area contributed by atoms with Gasteiger partial charge in [0, 0.05) is 12.8 Å². The first-order valence-corrected chi connectivity index (χ1v) is 7.52. The van der Waals surface area contributed by atoms with Crippen LogP contribution in [0.4, 0.5) is 0 Å². The van der Waals surface area contributed by atoms with Gasteiger partial charge in [-0.05, 0) is 18.8 Å². The first-order chi connectivity index (χ1) is 7.81. The van der Waals surface area contributed by atoms with Crippen LogP contribution in [-0.2, 0) is 12.9 Å². The summed E-state index contributed by atoms with van der Waals surface area (Å²) in [4.78, 5) is 4.41. The van der Waals surface area contributed by atoms with Gasteiger partial charge in [0.25, 0.3) is 0 Å². The van der Waals surface area contributed by atoms with Crippen molar-refractivity contribution in [1.82, 2.24) is 9.55 Å². The Kier molecular flexibility index (Phi) is 4.59. The molecule has 1 aliphatic rings. The van der Waals surface area contributed by atoms with Gasteiger partial charge in [0.15, 0.2) is 5.16 Å². The zero-order valence-corrected chi connectivity index (χ0v) is 11.4. The van der Waals surface area contributed by atoms with E-state index in [0.29, 0.717) is 5.88 Å². The molecule has 0 radical (unpaired) electrons. The molecule has 4 heteroatoms. The van der Waals surface area contributed by atoms with Gasteiger partial charge in [0.2, 0.25) is 0 Å². The van der Waals surface area contributed by atoms with Crippen molar-refractivity contribution in [2.45, 2.75) is 43.1 Å². The largest absolute Gasteiger partial charge is 0.325 e. The van der Waals surface area contributed by atoms with Crippen LogP contribution in [0.25, 0.3) is 0 Å². The molecule has 1 saturated carbocycles. The molecule has 0 unspecified atom stereocenters. The van der Waals surface area contributed by atoms with Gasteiger partial charge in [-0.1, -0.05) is 31.0 Å². The lowest BCUT2D eigenvalue weighted by Crippen LogP contribution is -2.09. The van der Waals surface area contributed by atoms with Crippen molar-refractivity contribution in [3.63, 3.8) is 0 Å². The fraction of sp³-hybridized carbons (Fsp3) is 0.750. The van der Waals surface area contributed by atoms with E-state index in [1.54, 1.807) is 0 Å². The SMILES string of the molecule is Cn1c(CCl)cnc1SCC1CCCCC1. The van der Waals surface area contributed by atoms with Gasteiger partial charge in [-0.15, -0.1) is 11.6 Å². The highest BCUT2D eigenvalue weighted by Crippen LogP contribution is 2.29. The second kappa shape index (κ2) is 5.97. The van der Waals surface area contributed by atoms with Crippen molar-refractivity contribution in [3.05, 3.63) is 11.9 Å². The number of thioether (sulfide) groups is 1. The number of hydrogen-bond acceptors (Lipinski definition) is 2. The number of alkyl halides is 1. The van der Waals surface area contributed by atoms with E-state index in [1.807, 2.05) is 25.0 Å². The summed E-state index contributed by atoms with van der Waals surface area (Å²) in [5, 5.41) is 1.11. The van der Waals surface area contributed by atoms with Crippen LogP contribution in [-0.4, -0.2) is 15.3 Å². The summed E-state index contributed by atoms with van der Waals surface area (Å²) in [5.41, 5.74) is 1.10. The maximum absolute atomic E-state index is 5.82. The highest BCUT2D eigenvalue weighted by Gasteiger charge is 2.15. The summed E-state index contributed by atoms with van der Waals surface area (Å²) in [6.45, 7) is 0. The molecule has 0 spiro atoms. The maximum atomic E-state index is 5.82. The molecule has 0 amide bonds. The minimum absolute atomic E-state index is 0.549. The molecule has 1 aromatic rings. The summed E-state index contributed by atoms with van der Waals surface area (Å²) >= 11 is 7.71. The van der Waals surface area contributed by atoms with E-state index >= 15 is 0 Å². The average Bonchev–Trinajstić information content (AvgIpc) is 2.69. The number of nitrogens with zero attached hydrogens (tertiary/aromatic N) is 2. The summed E-state index contributed by atoms with van der Waals surface area (Å²) in [6.07, 6.45) is 8.95. The molecule has 0 N–H and O–H groups in total. The Hall–Kier alpha value is -0.150. The zero-order chi connectivity index (χ0) is 11.4. The van der Waals surface area contributed by atoms with Gasteiger partial charge in [0.1, 0.15) is 0 Å². The second-order valence-electron chi connectivity index (χ2n) is 4.54. The monoisotopic (exact) mass is 258 g/mol. The minimum Gasteiger partial charge on any atom is -0.325 e. The van der Waals surface area contributed by atoms with Gasteiger partial charge in [-0.25, -0.2) is 4.98 Å². The average molecular weight is 259 g/mol. The van der Waals surface area contributed by atoms with E-state index in [0.717, 1.165) is 16.8 Å². The number of imidazole rings is 1. The van der Waals surface area contributed by atoms with Crippen molar-refractivity contribution < 1.29 is 0 Å². The Morgan fingerprint density at radius 3 is 2.81 bits per heavy atom. The van der Waals surface area contributed by atoms with Crippen LogP contribution < -0.4 is 0 Å².